The summed E-state index contributed by atoms with van der Waals surface area (Å²) < 4.78 is 5.18. The highest BCUT2D eigenvalue weighted by Crippen LogP contribution is 2.05. The van der Waals surface area contributed by atoms with E-state index in [9.17, 15) is 14.4 Å². The number of carbonyl (C=O) groups is 3. The number of carbonyl (C=O) groups excluding carboxylic acids is 1. The Hall–Kier alpha value is -1.83. The zero-order valence-corrected chi connectivity index (χ0v) is 10.4. The molecule has 1 heterocycles. The van der Waals surface area contributed by atoms with Gasteiger partial charge in [0.25, 0.3) is 0 Å². The summed E-state index contributed by atoms with van der Waals surface area (Å²) in [4.78, 5) is 32.9. The smallest absolute Gasteiger partial charge is 0.326 e. The Bertz CT molecular complexity index is 340. The quantitative estimate of drug-likeness (QED) is 0.531. The summed E-state index contributed by atoms with van der Waals surface area (Å²) in [6, 6.07) is -1.96. The Kier molecular flexibility index (Phi) is 6.07. The highest BCUT2D eigenvalue weighted by atomic mass is 16.5. The van der Waals surface area contributed by atoms with Crippen molar-refractivity contribution in [3.05, 3.63) is 0 Å². The number of aliphatic carboxylic acids is 2. The molecule has 0 radical (unpaired) electrons. The van der Waals surface area contributed by atoms with Crippen LogP contribution in [0.5, 0.6) is 0 Å². The second-order valence-corrected chi connectivity index (χ2v) is 4.36. The van der Waals surface area contributed by atoms with Gasteiger partial charge in [-0.3, -0.25) is 4.79 Å². The minimum atomic E-state index is -1.25. The number of amides is 2. The predicted octanol–water partition coefficient (Wildman–Crippen LogP) is -0.217. The largest absolute Gasteiger partial charge is 0.481 e. The van der Waals surface area contributed by atoms with Gasteiger partial charge in [-0.1, -0.05) is 0 Å². The normalized spacial score (nSPS) is 20.3. The SMILES string of the molecule is O=C(O)CC[C@H](NC(=O)NC1CCCOC1)C(=O)O. The number of ether oxygens (including phenoxy) is 1. The fourth-order valence-electron chi connectivity index (χ4n) is 1.77. The second-order valence-electron chi connectivity index (χ2n) is 4.36. The molecule has 8 nitrogen and oxygen atoms in total. The van der Waals surface area contributed by atoms with Gasteiger partial charge in [-0.2, -0.15) is 0 Å². The first-order chi connectivity index (χ1) is 8.99. The summed E-state index contributed by atoms with van der Waals surface area (Å²) in [5.74, 6) is -2.36. The molecule has 1 unspecified atom stereocenters. The van der Waals surface area contributed by atoms with E-state index < -0.39 is 24.0 Å². The Morgan fingerprint density at radius 1 is 1.32 bits per heavy atom. The zero-order valence-electron chi connectivity index (χ0n) is 10.4. The molecule has 8 heteroatoms. The van der Waals surface area contributed by atoms with Crippen LogP contribution in [0.25, 0.3) is 0 Å². The monoisotopic (exact) mass is 274 g/mol. The minimum absolute atomic E-state index is 0.136. The third kappa shape index (κ3) is 6.05. The fourth-order valence-corrected chi connectivity index (χ4v) is 1.77. The standard InChI is InChI=1S/C11H18N2O6/c14-9(15)4-3-8(10(16)17)13-11(18)12-7-2-1-5-19-6-7/h7-8H,1-6H2,(H,14,15)(H,16,17)(H2,12,13,18)/t7?,8-/m0/s1. The fraction of sp³-hybridized carbons (Fsp3) is 0.727. The van der Waals surface area contributed by atoms with Crippen molar-refractivity contribution in [2.45, 2.75) is 37.8 Å². The van der Waals surface area contributed by atoms with E-state index >= 15 is 0 Å². The van der Waals surface area contributed by atoms with Crippen molar-refractivity contribution in [2.24, 2.45) is 0 Å². The van der Waals surface area contributed by atoms with Crippen LogP contribution in [0.15, 0.2) is 0 Å². The molecule has 0 aromatic carbocycles. The Balaban J connectivity index is 2.37. The van der Waals surface area contributed by atoms with E-state index in [1.807, 2.05) is 0 Å². The Labute approximate surface area is 110 Å². The van der Waals surface area contributed by atoms with Crippen LogP contribution in [0, 0.1) is 0 Å². The predicted molar refractivity (Wildman–Crippen MR) is 63.8 cm³/mol. The molecule has 0 aromatic heterocycles. The molecule has 1 aliphatic rings. The lowest BCUT2D eigenvalue weighted by Gasteiger charge is -2.24. The lowest BCUT2D eigenvalue weighted by atomic mass is 10.1. The number of carboxylic acid groups (broad SMARTS) is 2. The molecule has 1 aliphatic heterocycles. The number of hydrogen-bond donors (Lipinski definition) is 4. The molecule has 19 heavy (non-hydrogen) atoms. The number of carboxylic acids is 2. The molecule has 2 atom stereocenters. The van der Waals surface area contributed by atoms with Crippen LogP contribution in [-0.4, -0.2) is 53.5 Å². The molecule has 2 amide bonds. The topological polar surface area (TPSA) is 125 Å². The van der Waals surface area contributed by atoms with Crippen LogP contribution in [0.1, 0.15) is 25.7 Å². The minimum Gasteiger partial charge on any atom is -0.481 e. The number of hydrogen-bond acceptors (Lipinski definition) is 4. The highest BCUT2D eigenvalue weighted by Gasteiger charge is 2.23. The average molecular weight is 274 g/mol. The molecule has 4 N–H and O–H groups in total. The van der Waals surface area contributed by atoms with E-state index in [1.165, 1.54) is 0 Å². The van der Waals surface area contributed by atoms with Crippen LogP contribution in [-0.2, 0) is 14.3 Å². The van der Waals surface area contributed by atoms with Crippen LogP contribution < -0.4 is 10.6 Å². The third-order valence-corrected chi connectivity index (χ3v) is 2.75. The maximum Gasteiger partial charge on any atom is 0.326 e. The van der Waals surface area contributed by atoms with Gasteiger partial charge in [0.05, 0.1) is 12.6 Å². The van der Waals surface area contributed by atoms with Gasteiger partial charge in [0.1, 0.15) is 6.04 Å². The highest BCUT2D eigenvalue weighted by molar-refractivity contribution is 5.83. The zero-order chi connectivity index (χ0) is 14.3. The van der Waals surface area contributed by atoms with Crippen molar-refractivity contribution in [3.8, 4) is 0 Å². The van der Waals surface area contributed by atoms with E-state index in [2.05, 4.69) is 10.6 Å². The van der Waals surface area contributed by atoms with Gasteiger partial charge >= 0.3 is 18.0 Å². The van der Waals surface area contributed by atoms with E-state index in [1.54, 1.807) is 0 Å². The van der Waals surface area contributed by atoms with Crippen LogP contribution in [0.2, 0.25) is 0 Å². The summed E-state index contributed by atoms with van der Waals surface area (Å²) >= 11 is 0. The van der Waals surface area contributed by atoms with Crippen molar-refractivity contribution in [3.63, 3.8) is 0 Å². The lowest BCUT2D eigenvalue weighted by Crippen LogP contribution is -2.50. The van der Waals surface area contributed by atoms with Crippen molar-refractivity contribution in [1.29, 1.82) is 0 Å². The second kappa shape index (κ2) is 7.57. The van der Waals surface area contributed by atoms with Gasteiger partial charge in [-0.25, -0.2) is 9.59 Å². The first kappa shape index (κ1) is 15.2. The molecular weight excluding hydrogens is 256 g/mol. The van der Waals surface area contributed by atoms with Crippen LogP contribution in [0.3, 0.4) is 0 Å². The summed E-state index contributed by atoms with van der Waals surface area (Å²) in [5, 5.41) is 22.2. The van der Waals surface area contributed by atoms with Gasteiger partial charge in [0.15, 0.2) is 0 Å². The molecule has 1 rings (SSSR count). The Morgan fingerprint density at radius 2 is 2.05 bits per heavy atom. The summed E-state index contributed by atoms with van der Waals surface area (Å²) in [6.45, 7) is 1.07. The molecule has 0 aliphatic carbocycles. The van der Waals surface area contributed by atoms with Crippen molar-refractivity contribution < 1.29 is 29.3 Å². The molecule has 0 aromatic rings. The average Bonchev–Trinajstić information content (AvgIpc) is 2.35. The molecular formula is C11H18N2O6. The van der Waals surface area contributed by atoms with Gasteiger partial charge < -0.3 is 25.6 Å². The first-order valence-electron chi connectivity index (χ1n) is 6.08. The van der Waals surface area contributed by atoms with Crippen molar-refractivity contribution in [1.82, 2.24) is 10.6 Å². The number of nitrogens with one attached hydrogen (secondary N) is 2. The molecule has 0 spiro atoms. The van der Waals surface area contributed by atoms with Gasteiger partial charge in [0.2, 0.25) is 0 Å². The first-order valence-corrected chi connectivity index (χ1v) is 6.08. The molecule has 108 valence electrons. The van der Waals surface area contributed by atoms with E-state index in [0.29, 0.717) is 13.2 Å². The maximum absolute atomic E-state index is 11.6. The molecule has 1 saturated heterocycles. The van der Waals surface area contributed by atoms with Gasteiger partial charge in [-0.15, -0.1) is 0 Å². The van der Waals surface area contributed by atoms with Crippen molar-refractivity contribution in [2.75, 3.05) is 13.2 Å². The Morgan fingerprint density at radius 3 is 2.58 bits per heavy atom. The van der Waals surface area contributed by atoms with Gasteiger partial charge in [0, 0.05) is 13.0 Å². The van der Waals surface area contributed by atoms with Gasteiger partial charge in [-0.05, 0) is 19.3 Å². The molecule has 1 fully saturated rings. The van der Waals surface area contributed by atoms with E-state index in [4.69, 9.17) is 14.9 Å². The van der Waals surface area contributed by atoms with E-state index in [-0.39, 0.29) is 18.9 Å². The van der Waals surface area contributed by atoms with Crippen LogP contribution >= 0.6 is 0 Å². The number of urea groups is 1. The van der Waals surface area contributed by atoms with Crippen LogP contribution in [0.4, 0.5) is 4.79 Å². The summed E-state index contributed by atoms with van der Waals surface area (Å²) in [7, 11) is 0. The number of rotatable bonds is 6. The lowest BCUT2D eigenvalue weighted by molar-refractivity contribution is -0.140. The van der Waals surface area contributed by atoms with E-state index in [0.717, 1.165) is 12.8 Å². The summed E-state index contributed by atoms with van der Waals surface area (Å²) in [6.07, 6.45) is 1.15. The molecule has 0 bridgehead atoms. The third-order valence-electron chi connectivity index (χ3n) is 2.75. The molecule has 0 saturated carbocycles. The summed E-state index contributed by atoms with van der Waals surface area (Å²) in [5.41, 5.74) is 0. The maximum atomic E-state index is 11.6. The van der Waals surface area contributed by atoms with Crippen molar-refractivity contribution >= 4 is 18.0 Å².